The average molecular weight is 571 g/mol. The summed E-state index contributed by atoms with van der Waals surface area (Å²) in [4.78, 5) is 0. The van der Waals surface area contributed by atoms with Crippen LogP contribution in [0.3, 0.4) is 0 Å². The van der Waals surface area contributed by atoms with Gasteiger partial charge in [-0.05, 0) is 66.8 Å². The average Bonchev–Trinajstić information content (AvgIpc) is 2.98. The Morgan fingerprint density at radius 3 is 2.48 bits per heavy atom. The SMILES string of the molecule is C=C[N+](C)=CCN(N)CCCC1(CC)c2ccc(F)c3c2-c2c4c(cc(CCCC)cc4cc[n+]2C1(C)CC)C3(C)C. The summed E-state index contributed by atoms with van der Waals surface area (Å²) in [5.74, 6) is 6.34. The molecule has 5 heteroatoms. The molecule has 5 rings (SSSR count). The van der Waals surface area contributed by atoms with Crippen molar-refractivity contribution >= 4 is 17.0 Å². The van der Waals surface area contributed by atoms with Crippen LogP contribution in [-0.2, 0) is 22.8 Å². The van der Waals surface area contributed by atoms with Crippen LogP contribution in [-0.4, -0.2) is 35.9 Å². The Kier molecular flexibility index (Phi) is 8.23. The number of aromatic nitrogens is 1. The summed E-state index contributed by atoms with van der Waals surface area (Å²) in [5, 5.41) is 4.47. The van der Waals surface area contributed by atoms with Crippen molar-refractivity contribution in [3.8, 4) is 11.3 Å². The molecule has 0 radical (unpaired) electrons. The smallest absolute Gasteiger partial charge is 0.221 e. The summed E-state index contributed by atoms with van der Waals surface area (Å²) in [6.45, 7) is 19.1. The molecule has 0 bridgehead atoms. The Bertz CT molecular complexity index is 1550. The van der Waals surface area contributed by atoms with Gasteiger partial charge in [-0.3, -0.25) is 5.84 Å². The first-order valence-electron chi connectivity index (χ1n) is 16.0. The van der Waals surface area contributed by atoms with Gasteiger partial charge >= 0.3 is 0 Å². The van der Waals surface area contributed by atoms with E-state index in [1.165, 1.54) is 33.2 Å². The van der Waals surface area contributed by atoms with Gasteiger partial charge in [-0.25, -0.2) is 14.0 Å². The zero-order chi connectivity index (χ0) is 30.4. The van der Waals surface area contributed by atoms with E-state index in [1.807, 2.05) is 22.8 Å². The normalized spacial score (nSPS) is 22.2. The minimum absolute atomic E-state index is 0.0907. The van der Waals surface area contributed by atoms with Crippen LogP contribution in [0.4, 0.5) is 4.39 Å². The molecule has 3 aromatic rings. The fraction of sp³-hybridized carbons (Fsp3) is 0.514. The highest BCUT2D eigenvalue weighted by Crippen LogP contribution is 2.59. The van der Waals surface area contributed by atoms with Crippen molar-refractivity contribution in [3.63, 3.8) is 0 Å². The van der Waals surface area contributed by atoms with E-state index in [4.69, 9.17) is 5.84 Å². The summed E-state index contributed by atoms with van der Waals surface area (Å²) >= 11 is 0. The lowest BCUT2D eigenvalue weighted by Gasteiger charge is -2.51. The molecule has 4 nitrogen and oxygen atoms in total. The minimum Gasteiger partial charge on any atom is -0.268 e. The Balaban J connectivity index is 1.72. The van der Waals surface area contributed by atoms with Crippen LogP contribution in [0.5, 0.6) is 0 Å². The van der Waals surface area contributed by atoms with Gasteiger partial charge in [0.05, 0.1) is 22.9 Å². The van der Waals surface area contributed by atoms with Crippen molar-refractivity contribution in [3.05, 3.63) is 77.4 Å². The van der Waals surface area contributed by atoms with E-state index in [-0.39, 0.29) is 16.8 Å². The number of hydrogen-bond donors (Lipinski definition) is 1. The summed E-state index contributed by atoms with van der Waals surface area (Å²) in [6, 6.07) is 11.0. The maximum atomic E-state index is 16.2. The van der Waals surface area contributed by atoms with Crippen LogP contribution in [0.25, 0.3) is 22.0 Å². The van der Waals surface area contributed by atoms with Crippen molar-refractivity contribution in [1.29, 1.82) is 0 Å². The van der Waals surface area contributed by atoms with Gasteiger partial charge in [-0.2, -0.15) is 4.57 Å². The van der Waals surface area contributed by atoms with Gasteiger partial charge < -0.3 is 0 Å². The minimum atomic E-state index is -0.442. The van der Waals surface area contributed by atoms with E-state index >= 15 is 4.39 Å². The van der Waals surface area contributed by atoms with Crippen molar-refractivity contribution in [2.24, 2.45) is 5.84 Å². The number of aryl methyl sites for hydroxylation is 1. The van der Waals surface area contributed by atoms with Crippen LogP contribution in [0.2, 0.25) is 0 Å². The zero-order valence-corrected chi connectivity index (χ0v) is 27.0. The van der Waals surface area contributed by atoms with Crippen molar-refractivity contribution in [2.45, 2.75) is 103 Å². The van der Waals surface area contributed by atoms with Gasteiger partial charge in [-0.15, -0.1) is 0 Å². The van der Waals surface area contributed by atoms with Gasteiger partial charge in [0, 0.05) is 36.9 Å². The maximum Gasteiger partial charge on any atom is 0.221 e. The van der Waals surface area contributed by atoms with Crippen LogP contribution in [0.1, 0.15) is 102 Å². The van der Waals surface area contributed by atoms with Crippen molar-refractivity contribution < 1.29 is 13.5 Å². The molecule has 1 aromatic heterocycles. The quantitative estimate of drug-likeness (QED) is 0.106. The molecular formula is C37H51FN4+2. The second kappa shape index (κ2) is 11.3. The molecule has 0 saturated heterocycles. The molecule has 2 N–H and O–H groups in total. The van der Waals surface area contributed by atoms with Crippen LogP contribution >= 0.6 is 0 Å². The standard InChI is InChI=1S/C37H51FN4/c1-9-13-15-26-24-27-18-21-42-34-31(27)29(25-26)35(5,6)33-30(38)17-16-28(32(33)34)37(11-3,36(42,7)10-2)19-14-20-41(39)23-22-40(8)12-4/h12,16-18,21-22,24-25H,4,9-11,13-15,19-20,23,39H2,1-3,5-8H3/q+2. The lowest BCUT2D eigenvalue weighted by atomic mass is 9.54. The van der Waals surface area contributed by atoms with Crippen molar-refractivity contribution in [1.82, 2.24) is 5.01 Å². The van der Waals surface area contributed by atoms with E-state index in [0.717, 1.165) is 62.6 Å². The highest BCUT2D eigenvalue weighted by molar-refractivity contribution is 6.01. The Hall–Kier alpha value is -2.89. The predicted octanol–water partition coefficient (Wildman–Crippen LogP) is 7.51. The third-order valence-corrected chi connectivity index (χ3v) is 10.9. The van der Waals surface area contributed by atoms with Gasteiger partial charge in [0.2, 0.25) is 5.69 Å². The van der Waals surface area contributed by atoms with Gasteiger partial charge in [0.25, 0.3) is 0 Å². The second-order valence-electron chi connectivity index (χ2n) is 13.4. The molecule has 2 unspecified atom stereocenters. The fourth-order valence-electron chi connectivity index (χ4n) is 8.28. The molecule has 1 aliphatic heterocycles. The fourth-order valence-corrected chi connectivity index (χ4v) is 8.28. The monoisotopic (exact) mass is 570 g/mol. The zero-order valence-electron chi connectivity index (χ0n) is 27.0. The van der Waals surface area contributed by atoms with E-state index in [0.29, 0.717) is 6.54 Å². The molecule has 0 fully saturated rings. The number of hydrazine groups is 1. The van der Waals surface area contributed by atoms with Crippen LogP contribution < -0.4 is 10.4 Å². The first kappa shape index (κ1) is 30.6. The van der Waals surface area contributed by atoms with E-state index < -0.39 is 5.41 Å². The van der Waals surface area contributed by atoms with Crippen LogP contribution in [0, 0.1) is 5.82 Å². The Morgan fingerprint density at radius 1 is 1.05 bits per heavy atom. The largest absolute Gasteiger partial charge is 0.268 e. The number of hydrogen-bond acceptors (Lipinski definition) is 2. The molecular weight excluding hydrogens is 519 g/mol. The molecule has 2 atom stereocenters. The summed E-state index contributed by atoms with van der Waals surface area (Å²) in [7, 11) is 1.97. The lowest BCUT2D eigenvalue weighted by Crippen LogP contribution is -2.69. The molecule has 0 amide bonds. The number of halogens is 1. The predicted molar refractivity (Wildman–Crippen MR) is 174 cm³/mol. The molecule has 0 spiro atoms. The van der Waals surface area contributed by atoms with Gasteiger partial charge in [0.1, 0.15) is 12.9 Å². The van der Waals surface area contributed by atoms with Crippen molar-refractivity contribution in [2.75, 3.05) is 20.1 Å². The molecule has 2 aromatic carbocycles. The summed E-state index contributed by atoms with van der Waals surface area (Å²) in [5.41, 5.74) is 6.36. The lowest BCUT2D eigenvalue weighted by molar-refractivity contribution is -0.765. The van der Waals surface area contributed by atoms with E-state index in [2.05, 4.69) is 83.2 Å². The molecule has 42 heavy (non-hydrogen) atoms. The van der Waals surface area contributed by atoms with Crippen LogP contribution in [0.15, 0.2) is 49.3 Å². The van der Waals surface area contributed by atoms with E-state index in [9.17, 15) is 0 Å². The third-order valence-electron chi connectivity index (χ3n) is 10.9. The molecule has 0 saturated carbocycles. The molecule has 1 aliphatic carbocycles. The molecule has 2 aliphatic rings. The molecule has 224 valence electrons. The first-order valence-corrected chi connectivity index (χ1v) is 16.0. The number of nitrogens with two attached hydrogens (primary N) is 1. The topological polar surface area (TPSA) is 36.1 Å². The third kappa shape index (κ3) is 4.46. The summed E-state index contributed by atoms with van der Waals surface area (Å²) in [6.07, 6.45) is 13.4. The number of nitrogens with zero attached hydrogens (tertiary/aromatic N) is 3. The van der Waals surface area contributed by atoms with Gasteiger partial charge in [-0.1, -0.05) is 59.2 Å². The number of benzene rings is 2. The van der Waals surface area contributed by atoms with E-state index in [1.54, 1.807) is 12.3 Å². The highest BCUT2D eigenvalue weighted by Gasteiger charge is 2.61. The molecule has 2 heterocycles. The maximum absolute atomic E-state index is 16.2. The second-order valence-corrected chi connectivity index (χ2v) is 13.4. The number of pyridine rings is 1. The van der Waals surface area contributed by atoms with Gasteiger partial charge in [0.15, 0.2) is 24.2 Å². The highest BCUT2D eigenvalue weighted by atomic mass is 19.1. The number of rotatable bonds is 12. The number of unbranched alkanes of at least 4 members (excludes halogenated alkanes) is 1. The first-order chi connectivity index (χ1) is 20.0. The summed E-state index contributed by atoms with van der Waals surface area (Å²) < 4.78 is 20.7. The Morgan fingerprint density at radius 2 is 1.81 bits per heavy atom. The Labute approximate surface area is 252 Å².